The lowest BCUT2D eigenvalue weighted by atomic mass is 10.0. The molecule has 2 aliphatic heterocycles. The predicted molar refractivity (Wildman–Crippen MR) is 118 cm³/mol. The lowest BCUT2D eigenvalue weighted by Gasteiger charge is -2.42. The topological polar surface area (TPSA) is 82.8 Å². The fourth-order valence-electron chi connectivity index (χ4n) is 4.65. The van der Waals surface area contributed by atoms with Gasteiger partial charge in [0.05, 0.1) is 11.6 Å². The van der Waals surface area contributed by atoms with E-state index in [0.29, 0.717) is 35.9 Å². The highest BCUT2D eigenvalue weighted by Crippen LogP contribution is 2.29. The molecular weight excluding hydrogens is 414 g/mol. The maximum Gasteiger partial charge on any atom is 0.258 e. The van der Waals surface area contributed by atoms with E-state index in [1.54, 1.807) is 10.4 Å². The van der Waals surface area contributed by atoms with E-state index in [-0.39, 0.29) is 4.90 Å². The van der Waals surface area contributed by atoms with Gasteiger partial charge >= 0.3 is 0 Å². The van der Waals surface area contributed by atoms with Crippen molar-refractivity contribution in [1.82, 2.24) is 24.2 Å². The molecule has 0 bridgehead atoms. The van der Waals surface area contributed by atoms with Crippen molar-refractivity contribution in [2.45, 2.75) is 23.8 Å². The summed E-state index contributed by atoms with van der Waals surface area (Å²) < 4.78 is 33.6. The first-order chi connectivity index (χ1) is 15.0. The number of likely N-dealkylation sites (tertiary alicyclic amines) is 1. The minimum atomic E-state index is -3.63. The second-order valence-corrected chi connectivity index (χ2v) is 10.4. The number of aromatic nitrogens is 2. The number of hydrogen-bond donors (Lipinski definition) is 0. The van der Waals surface area contributed by atoms with Gasteiger partial charge in [0.15, 0.2) is 0 Å². The van der Waals surface area contributed by atoms with E-state index in [1.807, 2.05) is 30.3 Å². The smallest absolute Gasteiger partial charge is 0.258 e. The highest BCUT2D eigenvalue weighted by molar-refractivity contribution is 7.89. The van der Waals surface area contributed by atoms with Crippen molar-refractivity contribution in [2.75, 3.05) is 46.3 Å². The quantitative estimate of drug-likeness (QED) is 0.614. The third kappa shape index (κ3) is 3.98. The highest BCUT2D eigenvalue weighted by Gasteiger charge is 2.33. The van der Waals surface area contributed by atoms with Crippen LogP contribution in [0.5, 0.6) is 0 Å². The Morgan fingerprint density at radius 3 is 2.58 bits per heavy atom. The summed E-state index contributed by atoms with van der Waals surface area (Å²) in [5.41, 5.74) is 1.80. The van der Waals surface area contributed by atoms with E-state index in [1.165, 1.54) is 19.0 Å². The van der Waals surface area contributed by atoms with Gasteiger partial charge in [-0.25, -0.2) is 13.4 Å². The maximum absolute atomic E-state index is 13.3. The molecule has 0 amide bonds. The lowest BCUT2D eigenvalue weighted by molar-refractivity contribution is 0.0824. The van der Waals surface area contributed by atoms with Crippen LogP contribution in [0.15, 0.2) is 52.0 Å². The molecule has 0 N–H and O–H groups in total. The van der Waals surface area contributed by atoms with Crippen molar-refractivity contribution < 1.29 is 12.9 Å². The minimum absolute atomic E-state index is 0.186. The first-order valence-electron chi connectivity index (χ1n) is 10.8. The van der Waals surface area contributed by atoms with Gasteiger partial charge in [0.2, 0.25) is 10.0 Å². The number of benzene rings is 1. The number of likely N-dealkylation sites (N-methyl/N-ethyl adjacent to an activating group) is 1. The maximum atomic E-state index is 13.3. The number of nitrogens with zero attached hydrogens (tertiary/aromatic N) is 5. The van der Waals surface area contributed by atoms with Gasteiger partial charge in [-0.05, 0) is 32.5 Å². The Morgan fingerprint density at radius 1 is 1.06 bits per heavy atom. The zero-order chi connectivity index (χ0) is 21.4. The average molecular weight is 442 g/mol. The SMILES string of the molecule is CN1CCCC(N2CCN(S(=O)(=O)c3cnc4onc(-c5ccccc5)c4c3)CC2)C1. The molecular formula is C22H27N5O3S. The Balaban J connectivity index is 1.36. The summed E-state index contributed by atoms with van der Waals surface area (Å²) in [4.78, 5) is 9.22. The third-order valence-corrected chi connectivity index (χ3v) is 8.24. The second kappa shape index (κ2) is 8.31. The molecule has 1 aromatic carbocycles. The normalized spacial score (nSPS) is 22.2. The van der Waals surface area contributed by atoms with Crippen LogP contribution >= 0.6 is 0 Å². The number of fused-ring (bicyclic) bond motifs is 1. The molecule has 31 heavy (non-hydrogen) atoms. The number of piperidine rings is 1. The van der Waals surface area contributed by atoms with Gasteiger partial charge in [-0.2, -0.15) is 4.31 Å². The van der Waals surface area contributed by atoms with Gasteiger partial charge in [-0.15, -0.1) is 0 Å². The first kappa shape index (κ1) is 20.6. The van der Waals surface area contributed by atoms with Gasteiger partial charge in [0.1, 0.15) is 10.6 Å². The Bertz CT molecular complexity index is 1160. The summed E-state index contributed by atoms with van der Waals surface area (Å²) in [7, 11) is -1.47. The molecule has 2 fully saturated rings. The van der Waals surface area contributed by atoms with Crippen molar-refractivity contribution in [3.05, 3.63) is 42.6 Å². The van der Waals surface area contributed by atoms with Crippen LogP contribution in [0, 0.1) is 0 Å². The summed E-state index contributed by atoms with van der Waals surface area (Å²) in [6, 6.07) is 11.7. The molecule has 1 unspecified atom stereocenters. The Hall–Kier alpha value is -2.33. The van der Waals surface area contributed by atoms with Crippen LogP contribution < -0.4 is 0 Å². The van der Waals surface area contributed by atoms with Gasteiger partial charge in [0, 0.05) is 44.3 Å². The van der Waals surface area contributed by atoms with Crippen molar-refractivity contribution in [3.8, 4) is 11.3 Å². The van der Waals surface area contributed by atoms with E-state index in [9.17, 15) is 8.42 Å². The molecule has 0 saturated carbocycles. The molecule has 2 saturated heterocycles. The van der Waals surface area contributed by atoms with Crippen LogP contribution in [0.1, 0.15) is 12.8 Å². The van der Waals surface area contributed by atoms with Crippen LogP contribution in [-0.2, 0) is 10.0 Å². The van der Waals surface area contributed by atoms with Gasteiger partial charge in [-0.1, -0.05) is 35.5 Å². The van der Waals surface area contributed by atoms with E-state index in [0.717, 1.165) is 31.7 Å². The molecule has 0 radical (unpaired) electrons. The molecule has 8 nitrogen and oxygen atoms in total. The molecule has 9 heteroatoms. The van der Waals surface area contributed by atoms with Crippen molar-refractivity contribution in [3.63, 3.8) is 0 Å². The van der Waals surface area contributed by atoms with E-state index in [2.05, 4.69) is 27.0 Å². The van der Waals surface area contributed by atoms with E-state index >= 15 is 0 Å². The second-order valence-electron chi connectivity index (χ2n) is 8.42. The zero-order valence-electron chi connectivity index (χ0n) is 17.6. The molecule has 0 spiro atoms. The summed E-state index contributed by atoms with van der Waals surface area (Å²) >= 11 is 0. The predicted octanol–water partition coefficient (Wildman–Crippen LogP) is 2.29. The van der Waals surface area contributed by atoms with Gasteiger partial charge in [-0.3, -0.25) is 4.90 Å². The van der Waals surface area contributed by atoms with Gasteiger partial charge < -0.3 is 9.42 Å². The number of piperazine rings is 1. The monoisotopic (exact) mass is 441 g/mol. The summed E-state index contributed by atoms with van der Waals surface area (Å²) in [5, 5.41) is 4.72. The number of pyridine rings is 1. The largest absolute Gasteiger partial charge is 0.335 e. The number of hydrogen-bond acceptors (Lipinski definition) is 7. The summed E-state index contributed by atoms with van der Waals surface area (Å²) in [6.45, 7) is 4.72. The fraction of sp³-hybridized carbons (Fsp3) is 0.455. The Kier molecular flexibility index (Phi) is 5.51. The van der Waals surface area contributed by atoms with Crippen LogP contribution in [0.3, 0.4) is 0 Å². The van der Waals surface area contributed by atoms with E-state index in [4.69, 9.17) is 4.52 Å². The van der Waals surface area contributed by atoms with Crippen molar-refractivity contribution >= 4 is 21.1 Å². The van der Waals surface area contributed by atoms with Crippen LogP contribution in [0.4, 0.5) is 0 Å². The molecule has 2 aliphatic rings. The average Bonchev–Trinajstić information content (AvgIpc) is 3.23. The highest BCUT2D eigenvalue weighted by atomic mass is 32.2. The molecule has 3 aromatic rings. The lowest BCUT2D eigenvalue weighted by Crippen LogP contribution is -2.55. The van der Waals surface area contributed by atoms with Crippen LogP contribution in [0.25, 0.3) is 22.4 Å². The molecule has 2 aromatic heterocycles. The molecule has 5 rings (SSSR count). The zero-order valence-corrected chi connectivity index (χ0v) is 18.5. The van der Waals surface area contributed by atoms with Crippen LogP contribution in [-0.4, -0.2) is 85.0 Å². The molecule has 164 valence electrons. The number of rotatable bonds is 4. The summed E-state index contributed by atoms with van der Waals surface area (Å²) in [6.07, 6.45) is 3.77. The summed E-state index contributed by atoms with van der Waals surface area (Å²) in [5.74, 6) is 0. The first-order valence-corrected chi connectivity index (χ1v) is 12.2. The van der Waals surface area contributed by atoms with E-state index < -0.39 is 10.0 Å². The van der Waals surface area contributed by atoms with Crippen LogP contribution in [0.2, 0.25) is 0 Å². The molecule has 1 atom stereocenters. The Morgan fingerprint density at radius 2 is 1.84 bits per heavy atom. The third-order valence-electron chi connectivity index (χ3n) is 6.38. The minimum Gasteiger partial charge on any atom is -0.335 e. The molecule has 4 heterocycles. The standard InChI is InChI=1S/C22H27N5O3S/c1-25-9-5-8-18(16-25)26-10-12-27(13-11-26)31(28,29)19-14-20-21(17-6-3-2-4-7-17)24-30-22(20)23-15-19/h2-4,6-7,14-15,18H,5,8-13,16H2,1H3. The van der Waals surface area contributed by atoms with Crippen molar-refractivity contribution in [1.29, 1.82) is 0 Å². The molecule has 0 aliphatic carbocycles. The number of sulfonamides is 1. The van der Waals surface area contributed by atoms with Gasteiger partial charge in [0.25, 0.3) is 5.71 Å². The fourth-order valence-corrected chi connectivity index (χ4v) is 6.05. The van der Waals surface area contributed by atoms with Crippen molar-refractivity contribution in [2.24, 2.45) is 0 Å². The Labute approximate surface area is 182 Å².